The second-order valence-electron chi connectivity index (χ2n) is 2.59. The minimum atomic E-state index is -0.868. The molecule has 76 valence electrons. The summed E-state index contributed by atoms with van der Waals surface area (Å²) < 4.78 is 0. The van der Waals surface area contributed by atoms with Crippen molar-refractivity contribution in [3.8, 4) is 0 Å². The molecule has 0 aliphatic heterocycles. The molecular weight excluding hydrogens is 180 g/mol. The molecule has 14 heavy (non-hydrogen) atoms. The lowest BCUT2D eigenvalue weighted by molar-refractivity contribution is -0.106. The van der Waals surface area contributed by atoms with E-state index in [1.165, 1.54) is 6.92 Å². The number of aryl methyl sites for hydroxylation is 1. The highest BCUT2D eigenvalue weighted by Crippen LogP contribution is 2.04. The van der Waals surface area contributed by atoms with Gasteiger partial charge in [-0.25, -0.2) is 4.79 Å². The Hall–Kier alpha value is -1.64. The number of carbonyl (C=O) groups is 2. The van der Waals surface area contributed by atoms with Gasteiger partial charge < -0.3 is 9.90 Å². The Morgan fingerprint density at radius 2 is 1.79 bits per heavy atom. The van der Waals surface area contributed by atoms with E-state index in [1.54, 1.807) is 12.1 Å². The molecule has 1 rings (SSSR count). The largest absolute Gasteiger partial charge is 0.478 e. The van der Waals surface area contributed by atoms with Gasteiger partial charge in [0, 0.05) is 0 Å². The van der Waals surface area contributed by atoms with Crippen LogP contribution in [0.15, 0.2) is 24.3 Å². The molecule has 3 nitrogen and oxygen atoms in total. The molecule has 0 saturated heterocycles. The number of hydrogen-bond donors (Lipinski definition) is 1. The molecule has 0 aliphatic carbocycles. The van der Waals surface area contributed by atoms with Gasteiger partial charge in [0.05, 0.1) is 5.56 Å². The summed E-state index contributed by atoms with van der Waals surface area (Å²) >= 11 is 0. The van der Waals surface area contributed by atoms with E-state index in [2.05, 4.69) is 0 Å². The van der Waals surface area contributed by atoms with Crippen LogP contribution >= 0.6 is 0 Å². The van der Waals surface area contributed by atoms with Gasteiger partial charge in [-0.15, -0.1) is 0 Å². The fraction of sp³-hybridized carbons (Fsp3) is 0.273. The molecule has 0 radical (unpaired) electrons. The first-order chi connectivity index (χ1) is 6.65. The van der Waals surface area contributed by atoms with Gasteiger partial charge in [0.2, 0.25) is 0 Å². The van der Waals surface area contributed by atoms with E-state index in [4.69, 9.17) is 9.90 Å². The van der Waals surface area contributed by atoms with Gasteiger partial charge in [0.1, 0.15) is 6.29 Å². The van der Waals surface area contributed by atoms with E-state index >= 15 is 0 Å². The molecule has 0 unspecified atom stereocenters. The number of carbonyl (C=O) groups excluding carboxylic acids is 1. The summed E-state index contributed by atoms with van der Waals surface area (Å²) in [4.78, 5) is 19.2. The highest BCUT2D eigenvalue weighted by molar-refractivity contribution is 5.87. The zero-order chi connectivity index (χ0) is 11.0. The Kier molecular flexibility index (Phi) is 6.03. The number of aromatic carboxylic acids is 1. The molecule has 0 spiro atoms. The first kappa shape index (κ1) is 12.4. The number of aldehydes is 1. The van der Waals surface area contributed by atoms with Gasteiger partial charge in [-0.3, -0.25) is 0 Å². The smallest absolute Gasteiger partial charge is 0.335 e. The van der Waals surface area contributed by atoms with Crippen LogP contribution in [-0.4, -0.2) is 17.4 Å². The SMILES string of the molecule is CC=O.CCc1ccc(C(=O)O)cc1. The number of rotatable bonds is 2. The highest BCUT2D eigenvalue weighted by Gasteiger charge is 1.99. The summed E-state index contributed by atoms with van der Waals surface area (Å²) in [6.45, 7) is 3.48. The Labute approximate surface area is 83.4 Å². The second-order valence-corrected chi connectivity index (χ2v) is 2.59. The van der Waals surface area contributed by atoms with E-state index in [0.717, 1.165) is 18.3 Å². The monoisotopic (exact) mass is 194 g/mol. The van der Waals surface area contributed by atoms with Crippen LogP contribution in [-0.2, 0) is 11.2 Å². The van der Waals surface area contributed by atoms with Crippen molar-refractivity contribution in [1.29, 1.82) is 0 Å². The van der Waals surface area contributed by atoms with Gasteiger partial charge in [-0.2, -0.15) is 0 Å². The third-order valence-corrected chi connectivity index (χ3v) is 1.61. The second kappa shape index (κ2) is 6.83. The van der Waals surface area contributed by atoms with Crippen LogP contribution in [0.1, 0.15) is 29.8 Å². The molecule has 0 bridgehead atoms. The maximum atomic E-state index is 10.4. The van der Waals surface area contributed by atoms with E-state index < -0.39 is 5.97 Å². The van der Waals surface area contributed by atoms with Crippen LogP contribution in [0, 0.1) is 0 Å². The van der Waals surface area contributed by atoms with E-state index in [-0.39, 0.29) is 0 Å². The van der Waals surface area contributed by atoms with Crippen LogP contribution in [0.25, 0.3) is 0 Å². The number of benzene rings is 1. The standard InChI is InChI=1S/C9H10O2.C2H4O/c1-2-7-3-5-8(6-4-7)9(10)11;1-2-3/h3-6H,2H2,1H3,(H,10,11);2H,1H3. The first-order valence-corrected chi connectivity index (χ1v) is 4.37. The lowest BCUT2D eigenvalue weighted by Crippen LogP contribution is -1.95. The lowest BCUT2D eigenvalue weighted by atomic mass is 10.1. The van der Waals surface area contributed by atoms with Gasteiger partial charge in [0.15, 0.2) is 0 Å². The molecular formula is C11H14O3. The quantitative estimate of drug-likeness (QED) is 0.734. The van der Waals surface area contributed by atoms with Crippen LogP contribution in [0.4, 0.5) is 0 Å². The Morgan fingerprint density at radius 3 is 2.07 bits per heavy atom. The van der Waals surface area contributed by atoms with Crippen molar-refractivity contribution in [2.24, 2.45) is 0 Å². The predicted molar refractivity (Wildman–Crippen MR) is 54.5 cm³/mol. The van der Waals surface area contributed by atoms with Gasteiger partial charge in [-0.1, -0.05) is 19.1 Å². The average molecular weight is 194 g/mol. The van der Waals surface area contributed by atoms with Crippen molar-refractivity contribution in [1.82, 2.24) is 0 Å². The molecule has 0 fully saturated rings. The van der Waals surface area contributed by atoms with Crippen LogP contribution < -0.4 is 0 Å². The maximum absolute atomic E-state index is 10.4. The molecule has 1 aromatic carbocycles. The number of carboxylic acid groups (broad SMARTS) is 1. The number of carboxylic acids is 1. The van der Waals surface area contributed by atoms with Crippen molar-refractivity contribution in [3.63, 3.8) is 0 Å². The third kappa shape index (κ3) is 4.40. The van der Waals surface area contributed by atoms with Crippen molar-refractivity contribution in [2.45, 2.75) is 20.3 Å². The van der Waals surface area contributed by atoms with E-state index in [0.29, 0.717) is 5.56 Å². The summed E-state index contributed by atoms with van der Waals surface area (Å²) in [5.74, 6) is -0.868. The molecule has 0 atom stereocenters. The molecule has 0 aromatic heterocycles. The van der Waals surface area contributed by atoms with Crippen molar-refractivity contribution < 1.29 is 14.7 Å². The summed E-state index contributed by atoms with van der Waals surface area (Å²) in [5.41, 5.74) is 1.51. The Balaban J connectivity index is 0.000000500. The van der Waals surface area contributed by atoms with Crippen molar-refractivity contribution in [2.75, 3.05) is 0 Å². The average Bonchev–Trinajstić information content (AvgIpc) is 2.19. The van der Waals surface area contributed by atoms with Crippen LogP contribution in [0.5, 0.6) is 0 Å². The molecule has 0 heterocycles. The fourth-order valence-electron chi connectivity index (χ4n) is 0.883. The van der Waals surface area contributed by atoms with E-state index in [1.807, 2.05) is 19.1 Å². The summed E-state index contributed by atoms with van der Waals surface area (Å²) in [7, 11) is 0. The lowest BCUT2D eigenvalue weighted by Gasteiger charge is -1.96. The highest BCUT2D eigenvalue weighted by atomic mass is 16.4. The topological polar surface area (TPSA) is 54.4 Å². The minimum absolute atomic E-state index is 0.349. The van der Waals surface area contributed by atoms with Crippen molar-refractivity contribution >= 4 is 12.3 Å². The zero-order valence-electron chi connectivity index (χ0n) is 8.36. The van der Waals surface area contributed by atoms with Gasteiger partial charge in [-0.05, 0) is 31.0 Å². The molecule has 0 amide bonds. The molecule has 0 saturated carbocycles. The Morgan fingerprint density at radius 1 is 1.36 bits per heavy atom. The molecule has 3 heteroatoms. The van der Waals surface area contributed by atoms with Crippen molar-refractivity contribution in [3.05, 3.63) is 35.4 Å². The zero-order valence-corrected chi connectivity index (χ0v) is 8.36. The molecule has 1 N–H and O–H groups in total. The summed E-state index contributed by atoms with van der Waals surface area (Å²) in [5, 5.41) is 8.55. The fourth-order valence-corrected chi connectivity index (χ4v) is 0.883. The summed E-state index contributed by atoms with van der Waals surface area (Å²) in [6.07, 6.45) is 1.69. The number of hydrogen-bond acceptors (Lipinski definition) is 2. The van der Waals surface area contributed by atoms with Crippen LogP contribution in [0.2, 0.25) is 0 Å². The Bertz CT molecular complexity index is 288. The minimum Gasteiger partial charge on any atom is -0.478 e. The van der Waals surface area contributed by atoms with E-state index in [9.17, 15) is 4.79 Å². The normalized spacial score (nSPS) is 8.43. The maximum Gasteiger partial charge on any atom is 0.335 e. The first-order valence-electron chi connectivity index (χ1n) is 4.37. The van der Waals surface area contributed by atoms with Gasteiger partial charge >= 0.3 is 5.97 Å². The van der Waals surface area contributed by atoms with Crippen LogP contribution in [0.3, 0.4) is 0 Å². The third-order valence-electron chi connectivity index (χ3n) is 1.61. The van der Waals surface area contributed by atoms with Gasteiger partial charge in [0.25, 0.3) is 0 Å². The molecule has 1 aromatic rings. The summed E-state index contributed by atoms with van der Waals surface area (Å²) in [6, 6.07) is 6.93. The predicted octanol–water partition coefficient (Wildman–Crippen LogP) is 2.15. The molecule has 0 aliphatic rings.